The number of carbonyl (C=O) groups excluding carboxylic acids is 1. The maximum absolute atomic E-state index is 13.2. The van der Waals surface area contributed by atoms with Gasteiger partial charge in [0.25, 0.3) is 5.91 Å². The van der Waals surface area contributed by atoms with Gasteiger partial charge >= 0.3 is 0 Å². The largest absolute Gasteiger partial charge is 0.496 e. The molecular weight excluding hydrogens is 336 g/mol. The highest BCUT2D eigenvalue weighted by atomic mass is 16.5. The summed E-state index contributed by atoms with van der Waals surface area (Å²) in [7, 11) is 1.63. The number of rotatable bonds is 7. The summed E-state index contributed by atoms with van der Waals surface area (Å²) in [4.78, 5) is 17.7. The number of methoxy groups -OCH3 is 1. The second-order valence-corrected chi connectivity index (χ2v) is 7.79. The second kappa shape index (κ2) is 7.95. The molecule has 0 fully saturated rings. The lowest BCUT2D eigenvalue weighted by Crippen LogP contribution is -2.48. The minimum Gasteiger partial charge on any atom is -0.496 e. The van der Waals surface area contributed by atoms with Gasteiger partial charge in [0.15, 0.2) is 0 Å². The highest BCUT2D eigenvalue weighted by molar-refractivity contribution is 5.97. The molecule has 1 heterocycles. The summed E-state index contributed by atoms with van der Waals surface area (Å²) in [5.74, 6) is 0.529. The lowest BCUT2D eigenvalue weighted by atomic mass is 9.86. The van der Waals surface area contributed by atoms with Crippen LogP contribution in [0.25, 0.3) is 0 Å². The molecule has 0 spiro atoms. The van der Waals surface area contributed by atoms with E-state index < -0.39 is 5.54 Å². The predicted molar refractivity (Wildman–Crippen MR) is 108 cm³/mol. The Morgan fingerprint density at radius 3 is 2.70 bits per heavy atom. The molecule has 0 bridgehead atoms. The van der Waals surface area contributed by atoms with Crippen LogP contribution in [0, 0.1) is 0 Å². The molecule has 0 radical (unpaired) electrons. The van der Waals surface area contributed by atoms with Crippen LogP contribution in [0.3, 0.4) is 0 Å². The molecule has 142 valence electrons. The summed E-state index contributed by atoms with van der Waals surface area (Å²) in [5, 5.41) is 3.24. The first-order valence-corrected chi connectivity index (χ1v) is 9.47. The maximum atomic E-state index is 13.2. The van der Waals surface area contributed by atoms with Crippen molar-refractivity contribution in [3.8, 4) is 5.75 Å². The topological polar surface area (TPSA) is 51.2 Å². The number of amides is 1. The Bertz CT molecular complexity index is 845. The Labute approximate surface area is 161 Å². The fraction of sp³-hybridized carbons (Fsp3) is 0.391. The van der Waals surface area contributed by atoms with Gasteiger partial charge < -0.3 is 10.1 Å². The van der Waals surface area contributed by atoms with Gasteiger partial charge in [-0.2, -0.15) is 0 Å². The summed E-state index contributed by atoms with van der Waals surface area (Å²) >= 11 is 0. The summed E-state index contributed by atoms with van der Waals surface area (Å²) < 4.78 is 5.60. The molecule has 4 heteroatoms. The standard InChI is InChI=1S/C23H28N2O2/c1-16(2)13-23(3,14-17-9-6-5-7-10-17)25-22(26)19-15-24-20-12-8-11-18(20)21(19)27-4/h5-7,9-10,15H,1,8,11-14H2,2-4H3,(H,25,26). The Balaban J connectivity index is 1.88. The summed E-state index contributed by atoms with van der Waals surface area (Å²) in [6, 6.07) is 10.2. The summed E-state index contributed by atoms with van der Waals surface area (Å²) in [6.45, 7) is 8.12. The highest BCUT2D eigenvalue weighted by Gasteiger charge is 2.30. The van der Waals surface area contributed by atoms with Crippen molar-refractivity contribution in [2.75, 3.05) is 7.11 Å². The van der Waals surface area contributed by atoms with E-state index in [0.29, 0.717) is 17.7 Å². The van der Waals surface area contributed by atoms with Crippen molar-refractivity contribution >= 4 is 5.91 Å². The number of pyridine rings is 1. The zero-order valence-electron chi connectivity index (χ0n) is 16.5. The van der Waals surface area contributed by atoms with E-state index in [1.807, 2.05) is 25.1 Å². The van der Waals surface area contributed by atoms with Crippen molar-refractivity contribution in [1.29, 1.82) is 0 Å². The van der Waals surface area contributed by atoms with Gasteiger partial charge in [0.2, 0.25) is 0 Å². The summed E-state index contributed by atoms with van der Waals surface area (Å²) in [6.07, 6.45) is 6.02. The lowest BCUT2D eigenvalue weighted by Gasteiger charge is -2.32. The van der Waals surface area contributed by atoms with Crippen molar-refractivity contribution in [2.24, 2.45) is 0 Å². The predicted octanol–water partition coefficient (Wildman–Crippen LogP) is 4.28. The number of hydrogen-bond donors (Lipinski definition) is 1. The molecular formula is C23H28N2O2. The first-order chi connectivity index (χ1) is 12.9. The van der Waals surface area contributed by atoms with E-state index in [4.69, 9.17) is 4.74 Å². The zero-order valence-corrected chi connectivity index (χ0v) is 16.5. The van der Waals surface area contributed by atoms with Crippen molar-refractivity contribution in [3.63, 3.8) is 0 Å². The Hall–Kier alpha value is -2.62. The monoisotopic (exact) mass is 364 g/mol. The molecule has 1 N–H and O–H groups in total. The van der Waals surface area contributed by atoms with Gasteiger partial charge in [-0.15, -0.1) is 6.58 Å². The van der Waals surface area contributed by atoms with Crippen molar-refractivity contribution in [3.05, 3.63) is 71.1 Å². The third-order valence-electron chi connectivity index (χ3n) is 5.05. The van der Waals surface area contributed by atoms with Crippen molar-refractivity contribution in [2.45, 2.75) is 51.5 Å². The van der Waals surface area contributed by atoms with E-state index in [0.717, 1.165) is 42.5 Å². The Morgan fingerprint density at radius 2 is 2.04 bits per heavy atom. The molecule has 0 saturated carbocycles. The molecule has 3 rings (SSSR count). The van der Waals surface area contributed by atoms with Crippen LogP contribution in [0.1, 0.15) is 53.9 Å². The van der Waals surface area contributed by atoms with Gasteiger partial charge in [0, 0.05) is 23.0 Å². The minimum atomic E-state index is -0.436. The van der Waals surface area contributed by atoms with Gasteiger partial charge in [-0.3, -0.25) is 9.78 Å². The number of aryl methyl sites for hydroxylation is 1. The number of aromatic nitrogens is 1. The number of hydrogen-bond acceptors (Lipinski definition) is 3. The quantitative estimate of drug-likeness (QED) is 0.746. The molecule has 1 atom stereocenters. The van der Waals surface area contributed by atoms with Crippen LogP contribution >= 0.6 is 0 Å². The Morgan fingerprint density at radius 1 is 1.30 bits per heavy atom. The smallest absolute Gasteiger partial charge is 0.257 e. The van der Waals surface area contributed by atoms with Crippen molar-refractivity contribution in [1.82, 2.24) is 10.3 Å². The fourth-order valence-electron chi connectivity index (χ4n) is 4.08. The van der Waals surface area contributed by atoms with Crippen LogP contribution in [0.15, 0.2) is 48.7 Å². The molecule has 2 aromatic rings. The van der Waals surface area contributed by atoms with Crippen LogP contribution in [-0.4, -0.2) is 23.5 Å². The molecule has 1 unspecified atom stereocenters. The average molecular weight is 364 g/mol. The van der Waals surface area contributed by atoms with E-state index >= 15 is 0 Å². The molecule has 0 aliphatic heterocycles. The number of nitrogens with zero attached hydrogens (tertiary/aromatic N) is 1. The number of ether oxygens (including phenoxy) is 1. The SMILES string of the molecule is C=C(C)CC(C)(Cc1ccccc1)NC(=O)c1cnc2c(c1OC)CCC2. The number of fused-ring (bicyclic) bond motifs is 1. The van der Waals surface area contributed by atoms with Crippen LogP contribution < -0.4 is 10.1 Å². The molecule has 1 aromatic carbocycles. The normalized spacial score (nSPS) is 14.9. The zero-order chi connectivity index (χ0) is 19.4. The third-order valence-corrected chi connectivity index (χ3v) is 5.05. The first kappa shape index (κ1) is 19.2. The molecule has 0 saturated heterocycles. The molecule has 1 amide bonds. The van der Waals surface area contributed by atoms with Gasteiger partial charge in [-0.25, -0.2) is 0 Å². The van der Waals surface area contributed by atoms with E-state index in [1.165, 1.54) is 5.56 Å². The van der Waals surface area contributed by atoms with E-state index in [-0.39, 0.29) is 5.91 Å². The van der Waals surface area contributed by atoms with E-state index in [1.54, 1.807) is 13.3 Å². The number of benzene rings is 1. The average Bonchev–Trinajstić information content (AvgIpc) is 3.09. The van der Waals surface area contributed by atoms with Crippen molar-refractivity contribution < 1.29 is 9.53 Å². The minimum absolute atomic E-state index is 0.145. The first-order valence-electron chi connectivity index (χ1n) is 9.47. The van der Waals surface area contributed by atoms with Gasteiger partial charge in [0.05, 0.1) is 12.7 Å². The van der Waals surface area contributed by atoms with Crippen LogP contribution in [-0.2, 0) is 19.3 Å². The number of nitrogens with one attached hydrogen (secondary N) is 1. The fourth-order valence-corrected chi connectivity index (χ4v) is 4.08. The third kappa shape index (κ3) is 4.38. The molecule has 27 heavy (non-hydrogen) atoms. The van der Waals surface area contributed by atoms with Crippen LogP contribution in [0.2, 0.25) is 0 Å². The second-order valence-electron chi connectivity index (χ2n) is 7.79. The molecule has 1 aromatic heterocycles. The lowest BCUT2D eigenvalue weighted by molar-refractivity contribution is 0.0901. The van der Waals surface area contributed by atoms with E-state index in [2.05, 4.69) is 35.9 Å². The molecule has 4 nitrogen and oxygen atoms in total. The molecule has 1 aliphatic carbocycles. The molecule has 1 aliphatic rings. The summed E-state index contributed by atoms with van der Waals surface area (Å²) in [5.41, 5.74) is 4.42. The van der Waals surface area contributed by atoms with Gasteiger partial charge in [-0.05, 0) is 51.5 Å². The van der Waals surface area contributed by atoms with Gasteiger partial charge in [-0.1, -0.05) is 35.9 Å². The Kier molecular flexibility index (Phi) is 5.64. The number of carbonyl (C=O) groups is 1. The highest BCUT2D eigenvalue weighted by Crippen LogP contribution is 2.32. The van der Waals surface area contributed by atoms with Crippen LogP contribution in [0.5, 0.6) is 5.75 Å². The maximum Gasteiger partial charge on any atom is 0.257 e. The van der Waals surface area contributed by atoms with Crippen LogP contribution in [0.4, 0.5) is 0 Å². The van der Waals surface area contributed by atoms with E-state index in [9.17, 15) is 4.79 Å². The van der Waals surface area contributed by atoms with Gasteiger partial charge in [0.1, 0.15) is 5.75 Å².